The number of amides is 1. The highest BCUT2D eigenvalue weighted by atomic mass is 35.5. The molecule has 1 N–H and O–H groups in total. The highest BCUT2D eigenvalue weighted by molar-refractivity contribution is 6.18. The van der Waals surface area contributed by atoms with Crippen LogP contribution < -0.4 is 10.1 Å². The molecule has 0 aliphatic heterocycles. The number of nitrogens with one attached hydrogen (secondary N) is 1. The van der Waals surface area contributed by atoms with E-state index in [4.69, 9.17) is 11.6 Å². The monoisotopic (exact) mass is 307 g/mol. The molecule has 110 valence electrons. The number of rotatable bonds is 5. The minimum absolute atomic E-state index is 0.00342. The number of hydrogen-bond donors (Lipinski definition) is 1. The van der Waals surface area contributed by atoms with E-state index in [1.807, 2.05) is 0 Å². The summed E-state index contributed by atoms with van der Waals surface area (Å²) in [6.45, 7) is 0.482. The lowest BCUT2D eigenvalue weighted by Gasteiger charge is -2.13. The van der Waals surface area contributed by atoms with Gasteiger partial charge in [0, 0.05) is 23.4 Å². The lowest BCUT2D eigenvalue weighted by Crippen LogP contribution is -2.30. The van der Waals surface area contributed by atoms with E-state index in [1.165, 1.54) is 12.1 Å². The molecule has 1 aliphatic rings. The molecular formula is C13H13ClF3NO2. The van der Waals surface area contributed by atoms with E-state index in [2.05, 4.69) is 10.1 Å². The number of benzene rings is 1. The van der Waals surface area contributed by atoms with Crippen LogP contribution in [0.25, 0.3) is 0 Å². The summed E-state index contributed by atoms with van der Waals surface area (Å²) in [6.07, 6.45) is -2.77. The van der Waals surface area contributed by atoms with Gasteiger partial charge in [0.25, 0.3) is 5.91 Å². The lowest BCUT2D eigenvalue weighted by molar-refractivity contribution is -0.274. The van der Waals surface area contributed by atoms with E-state index in [0.717, 1.165) is 25.0 Å². The van der Waals surface area contributed by atoms with Crippen LogP contribution in [0.5, 0.6) is 5.75 Å². The summed E-state index contributed by atoms with van der Waals surface area (Å²) in [7, 11) is 0. The summed E-state index contributed by atoms with van der Waals surface area (Å²) in [5.74, 6) is -0.195. The van der Waals surface area contributed by atoms with E-state index in [1.54, 1.807) is 0 Å². The Bertz CT molecular complexity index is 483. The molecule has 0 unspecified atom stereocenters. The fraction of sp³-hybridized carbons (Fsp3) is 0.462. The third-order valence-electron chi connectivity index (χ3n) is 3.21. The second-order valence-electron chi connectivity index (χ2n) is 4.89. The van der Waals surface area contributed by atoms with Gasteiger partial charge in [-0.25, -0.2) is 0 Å². The van der Waals surface area contributed by atoms with Gasteiger partial charge in [-0.15, -0.1) is 24.8 Å². The number of ether oxygens (including phenoxy) is 1. The summed E-state index contributed by atoms with van der Waals surface area (Å²) in [6, 6.07) is 4.79. The van der Waals surface area contributed by atoms with Crippen molar-refractivity contribution in [2.24, 2.45) is 5.41 Å². The molecule has 1 aromatic rings. The van der Waals surface area contributed by atoms with Crippen molar-refractivity contribution in [3.8, 4) is 5.75 Å². The summed E-state index contributed by atoms with van der Waals surface area (Å²) < 4.78 is 39.7. The van der Waals surface area contributed by atoms with Gasteiger partial charge in [0.15, 0.2) is 0 Å². The molecule has 7 heteroatoms. The molecule has 2 rings (SSSR count). The molecule has 1 aromatic carbocycles. The maximum Gasteiger partial charge on any atom is 0.573 e. The zero-order valence-electron chi connectivity index (χ0n) is 10.5. The molecule has 0 heterocycles. The van der Waals surface area contributed by atoms with Crippen molar-refractivity contribution in [1.82, 2.24) is 5.32 Å². The maximum atomic E-state index is 12.0. The van der Waals surface area contributed by atoms with Crippen LogP contribution in [0.2, 0.25) is 0 Å². The number of alkyl halides is 4. The van der Waals surface area contributed by atoms with E-state index >= 15 is 0 Å². The molecule has 3 nitrogen and oxygen atoms in total. The Hall–Kier alpha value is -1.43. The van der Waals surface area contributed by atoms with Crippen molar-refractivity contribution in [3.05, 3.63) is 29.8 Å². The van der Waals surface area contributed by atoms with Gasteiger partial charge in [0.2, 0.25) is 0 Å². The van der Waals surface area contributed by atoms with Crippen LogP contribution in [0.1, 0.15) is 23.2 Å². The highest BCUT2D eigenvalue weighted by Gasteiger charge is 2.41. The van der Waals surface area contributed by atoms with E-state index in [0.29, 0.717) is 12.4 Å². The van der Waals surface area contributed by atoms with Crippen LogP contribution in [0, 0.1) is 5.41 Å². The first-order valence-corrected chi connectivity index (χ1v) is 6.57. The molecule has 20 heavy (non-hydrogen) atoms. The fourth-order valence-corrected chi connectivity index (χ4v) is 2.07. The summed E-state index contributed by atoms with van der Waals surface area (Å²) in [5, 5.41) is 2.73. The largest absolute Gasteiger partial charge is 0.573 e. The SMILES string of the molecule is O=C(NCC1(CCl)CC1)c1ccc(OC(F)(F)F)cc1. The summed E-state index contributed by atoms with van der Waals surface area (Å²) >= 11 is 5.79. The number of carbonyl (C=O) groups excluding carboxylic acids is 1. The second-order valence-corrected chi connectivity index (χ2v) is 5.16. The Morgan fingerprint density at radius 1 is 1.30 bits per heavy atom. The van der Waals surface area contributed by atoms with E-state index < -0.39 is 6.36 Å². The van der Waals surface area contributed by atoms with E-state index in [9.17, 15) is 18.0 Å². The molecule has 1 fully saturated rings. The van der Waals surface area contributed by atoms with Gasteiger partial charge in [0.1, 0.15) is 5.75 Å². The number of carbonyl (C=O) groups is 1. The Kier molecular flexibility index (Phi) is 4.13. The molecule has 0 aromatic heterocycles. The minimum atomic E-state index is -4.73. The smallest absolute Gasteiger partial charge is 0.406 e. The van der Waals surface area contributed by atoms with Gasteiger partial charge in [-0.2, -0.15) is 0 Å². The van der Waals surface area contributed by atoms with Crippen molar-refractivity contribution in [1.29, 1.82) is 0 Å². The van der Waals surface area contributed by atoms with Gasteiger partial charge < -0.3 is 10.1 Å². The molecule has 1 saturated carbocycles. The quantitative estimate of drug-likeness (QED) is 0.847. The van der Waals surface area contributed by atoms with Crippen LogP contribution >= 0.6 is 11.6 Å². The van der Waals surface area contributed by atoms with Crippen LogP contribution in [0.4, 0.5) is 13.2 Å². The van der Waals surface area contributed by atoms with Gasteiger partial charge in [-0.3, -0.25) is 4.79 Å². The van der Waals surface area contributed by atoms with E-state index in [-0.39, 0.29) is 22.6 Å². The van der Waals surface area contributed by atoms with Crippen LogP contribution in [0.15, 0.2) is 24.3 Å². The molecular weight excluding hydrogens is 295 g/mol. The standard InChI is InChI=1S/C13H13ClF3NO2/c14-7-12(5-6-12)8-18-11(19)9-1-3-10(4-2-9)20-13(15,16)17/h1-4H,5-8H2,(H,18,19). The van der Waals surface area contributed by atoms with Gasteiger partial charge in [0.05, 0.1) is 0 Å². The lowest BCUT2D eigenvalue weighted by atomic mass is 10.1. The molecule has 0 atom stereocenters. The van der Waals surface area contributed by atoms with Crippen molar-refractivity contribution in [3.63, 3.8) is 0 Å². The van der Waals surface area contributed by atoms with Gasteiger partial charge in [-0.05, 0) is 37.1 Å². The summed E-state index contributed by atoms with van der Waals surface area (Å²) in [5.41, 5.74) is 0.279. The first-order chi connectivity index (χ1) is 9.34. The van der Waals surface area contributed by atoms with Crippen molar-refractivity contribution < 1.29 is 22.7 Å². The number of hydrogen-bond acceptors (Lipinski definition) is 2. The normalized spacial score (nSPS) is 16.6. The zero-order valence-corrected chi connectivity index (χ0v) is 11.2. The molecule has 0 spiro atoms. The molecule has 0 radical (unpaired) electrons. The topological polar surface area (TPSA) is 38.3 Å². The first-order valence-electron chi connectivity index (χ1n) is 6.04. The predicted molar refractivity (Wildman–Crippen MR) is 67.8 cm³/mol. The van der Waals surface area contributed by atoms with Crippen molar-refractivity contribution in [2.75, 3.05) is 12.4 Å². The average Bonchev–Trinajstić information content (AvgIpc) is 3.16. The summed E-state index contributed by atoms with van der Waals surface area (Å²) in [4.78, 5) is 11.8. The molecule has 1 amide bonds. The van der Waals surface area contributed by atoms with Gasteiger partial charge >= 0.3 is 6.36 Å². The van der Waals surface area contributed by atoms with Crippen LogP contribution in [-0.4, -0.2) is 24.7 Å². The van der Waals surface area contributed by atoms with Crippen molar-refractivity contribution >= 4 is 17.5 Å². The first kappa shape index (κ1) is 15.0. The second kappa shape index (κ2) is 5.52. The predicted octanol–water partition coefficient (Wildman–Crippen LogP) is 3.33. The third-order valence-corrected chi connectivity index (χ3v) is 3.78. The Balaban J connectivity index is 1.90. The zero-order chi connectivity index (χ0) is 14.8. The maximum absolute atomic E-state index is 12.0. The number of halogens is 4. The Morgan fingerprint density at radius 2 is 1.90 bits per heavy atom. The van der Waals surface area contributed by atoms with Crippen LogP contribution in [-0.2, 0) is 0 Å². The van der Waals surface area contributed by atoms with Crippen molar-refractivity contribution in [2.45, 2.75) is 19.2 Å². The highest BCUT2D eigenvalue weighted by Crippen LogP contribution is 2.45. The third kappa shape index (κ3) is 4.03. The molecule has 0 saturated heterocycles. The molecule has 1 aliphatic carbocycles. The van der Waals surface area contributed by atoms with Crippen LogP contribution in [0.3, 0.4) is 0 Å². The Labute approximate surface area is 119 Å². The molecule has 0 bridgehead atoms. The fourth-order valence-electron chi connectivity index (χ4n) is 1.71. The minimum Gasteiger partial charge on any atom is -0.406 e. The van der Waals surface area contributed by atoms with Gasteiger partial charge in [-0.1, -0.05) is 0 Å². The Morgan fingerprint density at radius 3 is 2.35 bits per heavy atom. The average molecular weight is 308 g/mol.